The minimum absolute atomic E-state index is 0.101. The van der Waals surface area contributed by atoms with E-state index >= 15 is 0 Å². The van der Waals surface area contributed by atoms with Crippen LogP contribution in [-0.4, -0.2) is 6.54 Å². The second-order valence-electron chi connectivity index (χ2n) is 7.39. The van der Waals surface area contributed by atoms with E-state index in [2.05, 4.69) is 26.1 Å². The van der Waals surface area contributed by atoms with Crippen molar-refractivity contribution in [2.75, 3.05) is 11.9 Å². The van der Waals surface area contributed by atoms with Crippen LogP contribution in [0.3, 0.4) is 0 Å². The molecule has 1 N–H and O–H groups in total. The smallest absolute Gasteiger partial charge is 0.123 e. The van der Waals surface area contributed by atoms with Crippen molar-refractivity contribution in [1.82, 2.24) is 0 Å². The second kappa shape index (κ2) is 4.50. The highest BCUT2D eigenvalue weighted by Gasteiger charge is 2.38. The van der Waals surface area contributed by atoms with Gasteiger partial charge in [-0.3, -0.25) is 0 Å². The van der Waals surface area contributed by atoms with Crippen LogP contribution in [0.1, 0.15) is 51.5 Å². The molecule has 2 heteroatoms. The topological polar surface area (TPSA) is 12.0 Å². The van der Waals surface area contributed by atoms with Gasteiger partial charge < -0.3 is 5.32 Å². The van der Waals surface area contributed by atoms with E-state index in [9.17, 15) is 4.39 Å². The van der Waals surface area contributed by atoms with Gasteiger partial charge in [0.25, 0.3) is 0 Å². The molecule has 1 heterocycles. The highest BCUT2D eigenvalue weighted by molar-refractivity contribution is 5.58. The van der Waals surface area contributed by atoms with Crippen molar-refractivity contribution in [3.63, 3.8) is 0 Å². The lowest BCUT2D eigenvalue weighted by atomic mass is 9.64. The summed E-state index contributed by atoms with van der Waals surface area (Å²) in [6, 6.07) is 5.19. The van der Waals surface area contributed by atoms with Crippen LogP contribution < -0.4 is 5.32 Å². The lowest BCUT2D eigenvalue weighted by molar-refractivity contribution is 0.119. The molecule has 0 spiro atoms. The Bertz CT molecular complexity index is 480. The van der Waals surface area contributed by atoms with Crippen LogP contribution >= 0.6 is 0 Å². The first-order valence-corrected chi connectivity index (χ1v) is 7.48. The molecule has 1 aliphatic heterocycles. The molecule has 0 aromatic heterocycles. The van der Waals surface area contributed by atoms with E-state index in [1.54, 1.807) is 12.1 Å². The van der Waals surface area contributed by atoms with E-state index in [0.717, 1.165) is 18.2 Å². The zero-order valence-corrected chi connectivity index (χ0v) is 12.2. The molecule has 0 saturated heterocycles. The summed E-state index contributed by atoms with van der Waals surface area (Å²) < 4.78 is 13.5. The van der Waals surface area contributed by atoms with E-state index in [-0.39, 0.29) is 5.82 Å². The standard InChI is InChI=1S/C17H24FN/c1-11-6-12(9-17(2,3)8-11)15-10-19-16-5-4-13(18)7-14(15)16/h4-5,7,11-12,15,19H,6,8-10H2,1-3H3. The lowest BCUT2D eigenvalue weighted by Crippen LogP contribution is -2.31. The Kier molecular flexibility index (Phi) is 3.07. The average molecular weight is 261 g/mol. The number of anilines is 1. The van der Waals surface area contributed by atoms with Crippen molar-refractivity contribution < 1.29 is 4.39 Å². The van der Waals surface area contributed by atoms with E-state index in [4.69, 9.17) is 0 Å². The van der Waals surface area contributed by atoms with E-state index in [1.807, 2.05) is 6.07 Å². The number of benzene rings is 1. The summed E-state index contributed by atoms with van der Waals surface area (Å²) in [5.74, 6) is 1.86. The van der Waals surface area contributed by atoms with Crippen LogP contribution in [0, 0.1) is 23.1 Å². The maximum absolute atomic E-state index is 13.5. The van der Waals surface area contributed by atoms with Gasteiger partial charge in [-0.25, -0.2) is 4.39 Å². The van der Waals surface area contributed by atoms with Crippen molar-refractivity contribution in [1.29, 1.82) is 0 Å². The van der Waals surface area contributed by atoms with Crippen LogP contribution in [0.4, 0.5) is 10.1 Å². The van der Waals surface area contributed by atoms with Crippen molar-refractivity contribution in [3.05, 3.63) is 29.6 Å². The number of nitrogens with one attached hydrogen (secondary N) is 1. The Morgan fingerprint density at radius 1 is 1.26 bits per heavy atom. The van der Waals surface area contributed by atoms with E-state index in [1.165, 1.54) is 24.8 Å². The van der Waals surface area contributed by atoms with Crippen LogP contribution in [-0.2, 0) is 0 Å². The summed E-state index contributed by atoms with van der Waals surface area (Å²) in [6.45, 7) is 8.10. The zero-order chi connectivity index (χ0) is 13.6. The molecular weight excluding hydrogens is 237 g/mol. The number of hydrogen-bond donors (Lipinski definition) is 1. The van der Waals surface area contributed by atoms with Gasteiger partial charge in [0, 0.05) is 18.2 Å². The Morgan fingerprint density at radius 3 is 2.79 bits per heavy atom. The molecule has 1 aliphatic carbocycles. The lowest BCUT2D eigenvalue weighted by Gasteiger charge is -2.41. The van der Waals surface area contributed by atoms with Gasteiger partial charge in [0.15, 0.2) is 0 Å². The Morgan fingerprint density at radius 2 is 2.05 bits per heavy atom. The van der Waals surface area contributed by atoms with Crippen LogP contribution in [0.15, 0.2) is 18.2 Å². The number of halogens is 1. The zero-order valence-electron chi connectivity index (χ0n) is 12.2. The van der Waals surface area contributed by atoms with Gasteiger partial charge in [-0.2, -0.15) is 0 Å². The largest absolute Gasteiger partial charge is 0.384 e. The molecule has 0 bridgehead atoms. The van der Waals surface area contributed by atoms with E-state index < -0.39 is 0 Å². The maximum Gasteiger partial charge on any atom is 0.123 e. The molecule has 1 aromatic rings. The summed E-state index contributed by atoms with van der Waals surface area (Å²) in [7, 11) is 0. The van der Waals surface area contributed by atoms with Crippen molar-refractivity contribution in [2.45, 2.75) is 46.0 Å². The summed E-state index contributed by atoms with van der Waals surface area (Å²) in [6.07, 6.45) is 3.87. The number of rotatable bonds is 1. The van der Waals surface area contributed by atoms with E-state index in [0.29, 0.717) is 17.3 Å². The molecule has 104 valence electrons. The Balaban J connectivity index is 1.87. The first kappa shape index (κ1) is 13.0. The van der Waals surface area contributed by atoms with Gasteiger partial charge in [0.2, 0.25) is 0 Å². The quantitative estimate of drug-likeness (QED) is 0.766. The number of fused-ring (bicyclic) bond motifs is 1. The minimum atomic E-state index is -0.101. The summed E-state index contributed by atoms with van der Waals surface area (Å²) in [4.78, 5) is 0. The normalized spacial score (nSPS) is 32.7. The predicted molar refractivity (Wildman–Crippen MR) is 77.9 cm³/mol. The maximum atomic E-state index is 13.5. The SMILES string of the molecule is CC1CC(C2CNc3ccc(F)cc32)CC(C)(C)C1. The highest BCUT2D eigenvalue weighted by Crippen LogP contribution is 2.49. The van der Waals surface area contributed by atoms with Crippen molar-refractivity contribution in [3.8, 4) is 0 Å². The molecule has 0 amide bonds. The summed E-state index contributed by atoms with van der Waals surface area (Å²) in [5, 5.41) is 3.45. The molecule has 19 heavy (non-hydrogen) atoms. The Labute approximate surface area is 115 Å². The first-order chi connectivity index (χ1) is 8.94. The molecular formula is C17H24FN. The van der Waals surface area contributed by atoms with Gasteiger partial charge in [0.1, 0.15) is 5.82 Å². The Hall–Kier alpha value is -1.05. The van der Waals surface area contributed by atoms with Gasteiger partial charge in [-0.05, 0) is 60.3 Å². The fourth-order valence-electron chi connectivity index (χ4n) is 4.48. The van der Waals surface area contributed by atoms with Gasteiger partial charge in [-0.1, -0.05) is 20.8 Å². The molecule has 1 saturated carbocycles. The molecule has 1 aromatic carbocycles. The third-order valence-corrected chi connectivity index (χ3v) is 4.92. The third kappa shape index (κ3) is 2.50. The molecule has 3 rings (SSSR count). The number of hydrogen-bond acceptors (Lipinski definition) is 1. The van der Waals surface area contributed by atoms with Crippen LogP contribution in [0.25, 0.3) is 0 Å². The molecule has 0 radical (unpaired) electrons. The van der Waals surface area contributed by atoms with Gasteiger partial charge in [0.05, 0.1) is 0 Å². The summed E-state index contributed by atoms with van der Waals surface area (Å²) >= 11 is 0. The van der Waals surface area contributed by atoms with Crippen molar-refractivity contribution >= 4 is 5.69 Å². The molecule has 2 aliphatic rings. The monoisotopic (exact) mass is 261 g/mol. The van der Waals surface area contributed by atoms with Crippen LogP contribution in [0.5, 0.6) is 0 Å². The summed E-state index contributed by atoms with van der Waals surface area (Å²) in [5.41, 5.74) is 2.77. The second-order valence-corrected chi connectivity index (χ2v) is 7.39. The van der Waals surface area contributed by atoms with Gasteiger partial charge >= 0.3 is 0 Å². The molecule has 1 fully saturated rings. The first-order valence-electron chi connectivity index (χ1n) is 7.48. The minimum Gasteiger partial charge on any atom is -0.384 e. The van der Waals surface area contributed by atoms with Crippen LogP contribution in [0.2, 0.25) is 0 Å². The highest BCUT2D eigenvalue weighted by atomic mass is 19.1. The fraction of sp³-hybridized carbons (Fsp3) is 0.647. The average Bonchev–Trinajstić information content (AvgIpc) is 2.68. The molecule has 3 atom stereocenters. The molecule has 3 unspecified atom stereocenters. The molecule has 1 nitrogen and oxygen atoms in total. The third-order valence-electron chi connectivity index (χ3n) is 4.92. The van der Waals surface area contributed by atoms with Crippen molar-refractivity contribution in [2.24, 2.45) is 17.3 Å². The fourth-order valence-corrected chi connectivity index (χ4v) is 4.48. The predicted octanol–water partition coefficient (Wildman–Crippen LogP) is 4.80. The van der Waals surface area contributed by atoms with Gasteiger partial charge in [-0.15, -0.1) is 0 Å².